The van der Waals surface area contributed by atoms with Gasteiger partial charge >= 0.3 is 0 Å². The lowest BCUT2D eigenvalue weighted by Crippen LogP contribution is -2.39. The number of methoxy groups -OCH3 is 1. The van der Waals surface area contributed by atoms with Crippen LogP contribution in [0.2, 0.25) is 0 Å². The highest BCUT2D eigenvalue weighted by molar-refractivity contribution is 5.78. The normalized spacial score (nSPS) is 15.6. The van der Waals surface area contributed by atoms with E-state index < -0.39 is 0 Å². The summed E-state index contributed by atoms with van der Waals surface area (Å²) in [5.41, 5.74) is 1.04. The number of amides is 1. The number of ether oxygens (including phenoxy) is 3. The van der Waals surface area contributed by atoms with E-state index in [1.807, 2.05) is 60.5 Å². The van der Waals surface area contributed by atoms with Gasteiger partial charge in [-0.1, -0.05) is 18.2 Å². The molecule has 0 fully saturated rings. The lowest BCUT2D eigenvalue weighted by Gasteiger charge is -2.27. The summed E-state index contributed by atoms with van der Waals surface area (Å²) in [6, 6.07) is 15.3. The van der Waals surface area contributed by atoms with Crippen LogP contribution >= 0.6 is 0 Å². The molecule has 2 aromatic carbocycles. The molecule has 144 valence electrons. The van der Waals surface area contributed by atoms with Gasteiger partial charge in [0.2, 0.25) is 5.91 Å². The van der Waals surface area contributed by atoms with Crippen LogP contribution < -0.4 is 19.5 Å². The predicted molar refractivity (Wildman–Crippen MR) is 103 cm³/mol. The second-order valence-electron chi connectivity index (χ2n) is 6.56. The molecule has 6 heteroatoms. The molecule has 27 heavy (non-hydrogen) atoms. The fraction of sp³-hybridized carbons (Fsp3) is 0.381. The van der Waals surface area contributed by atoms with Crippen LogP contribution in [-0.2, 0) is 4.79 Å². The highest BCUT2D eigenvalue weighted by atomic mass is 16.5. The zero-order valence-electron chi connectivity index (χ0n) is 15.8. The van der Waals surface area contributed by atoms with Crippen LogP contribution in [-0.4, -0.2) is 51.3 Å². The van der Waals surface area contributed by atoms with E-state index in [1.165, 1.54) is 0 Å². The van der Waals surface area contributed by atoms with Crippen LogP contribution in [0.15, 0.2) is 48.5 Å². The van der Waals surface area contributed by atoms with Gasteiger partial charge in [0.25, 0.3) is 0 Å². The Labute approximate surface area is 160 Å². The number of fused-ring (bicyclic) bond motifs is 1. The van der Waals surface area contributed by atoms with Gasteiger partial charge in [-0.3, -0.25) is 9.69 Å². The van der Waals surface area contributed by atoms with E-state index in [4.69, 9.17) is 14.2 Å². The molecule has 0 aliphatic carbocycles. The van der Waals surface area contributed by atoms with Crippen molar-refractivity contribution in [2.45, 2.75) is 12.5 Å². The summed E-state index contributed by atoms with van der Waals surface area (Å²) >= 11 is 0. The van der Waals surface area contributed by atoms with Crippen molar-refractivity contribution in [2.24, 2.45) is 0 Å². The summed E-state index contributed by atoms with van der Waals surface area (Å²) in [6.45, 7) is 2.11. The van der Waals surface area contributed by atoms with E-state index in [1.54, 1.807) is 7.11 Å². The maximum Gasteiger partial charge on any atom is 0.234 e. The molecule has 2 aromatic rings. The standard InChI is InChI=1S/C21H26N2O4/c1-23(12-14-26-17-9-7-16(25-2)8-10-17)15-21(24)22-19-11-13-27-20-6-4-3-5-18(19)20/h3-10,19H,11-15H2,1-2H3,(H,22,24). The van der Waals surface area contributed by atoms with Crippen LogP contribution in [0.25, 0.3) is 0 Å². The Morgan fingerprint density at radius 3 is 2.70 bits per heavy atom. The molecule has 0 bridgehead atoms. The average Bonchev–Trinajstić information content (AvgIpc) is 2.69. The molecule has 1 unspecified atom stereocenters. The summed E-state index contributed by atoms with van der Waals surface area (Å²) in [5.74, 6) is 2.44. The molecule has 1 N–H and O–H groups in total. The van der Waals surface area contributed by atoms with Gasteiger partial charge in [0.1, 0.15) is 23.9 Å². The summed E-state index contributed by atoms with van der Waals surface area (Å²) < 4.78 is 16.5. The molecular weight excluding hydrogens is 344 g/mol. The van der Waals surface area contributed by atoms with E-state index in [9.17, 15) is 4.79 Å². The average molecular weight is 370 g/mol. The summed E-state index contributed by atoms with van der Waals surface area (Å²) in [7, 11) is 3.55. The number of carbonyl (C=O) groups excluding carboxylic acids is 1. The van der Waals surface area contributed by atoms with E-state index >= 15 is 0 Å². The fourth-order valence-electron chi connectivity index (χ4n) is 3.05. The van der Waals surface area contributed by atoms with Gasteiger partial charge in [-0.2, -0.15) is 0 Å². The van der Waals surface area contributed by atoms with E-state index in [0.29, 0.717) is 26.3 Å². The van der Waals surface area contributed by atoms with Crippen molar-refractivity contribution in [3.8, 4) is 17.2 Å². The monoisotopic (exact) mass is 370 g/mol. The van der Waals surface area contributed by atoms with Crippen LogP contribution in [0.1, 0.15) is 18.0 Å². The van der Waals surface area contributed by atoms with Gasteiger partial charge < -0.3 is 19.5 Å². The number of hydrogen-bond donors (Lipinski definition) is 1. The Morgan fingerprint density at radius 1 is 1.19 bits per heavy atom. The number of nitrogens with zero attached hydrogens (tertiary/aromatic N) is 1. The molecule has 1 aliphatic rings. The Bertz CT molecular complexity index is 748. The Hall–Kier alpha value is -2.73. The minimum Gasteiger partial charge on any atom is -0.497 e. The van der Waals surface area contributed by atoms with Crippen molar-refractivity contribution in [1.82, 2.24) is 10.2 Å². The maximum absolute atomic E-state index is 12.4. The van der Waals surface area contributed by atoms with E-state index in [-0.39, 0.29) is 11.9 Å². The largest absolute Gasteiger partial charge is 0.497 e. The molecule has 0 saturated heterocycles. The van der Waals surface area contributed by atoms with Gasteiger partial charge in [0.15, 0.2) is 0 Å². The first-order valence-corrected chi connectivity index (χ1v) is 9.12. The van der Waals surface area contributed by atoms with Crippen LogP contribution in [0.3, 0.4) is 0 Å². The zero-order valence-corrected chi connectivity index (χ0v) is 15.8. The first-order chi connectivity index (χ1) is 13.2. The number of nitrogens with one attached hydrogen (secondary N) is 1. The highest BCUT2D eigenvalue weighted by Gasteiger charge is 2.22. The molecule has 0 spiro atoms. The molecular formula is C21H26N2O4. The molecule has 0 aromatic heterocycles. The molecule has 1 atom stereocenters. The molecule has 1 heterocycles. The van der Waals surface area contributed by atoms with E-state index in [2.05, 4.69) is 5.32 Å². The second kappa shape index (κ2) is 9.28. The molecule has 0 saturated carbocycles. The molecule has 3 rings (SSSR count). The fourth-order valence-corrected chi connectivity index (χ4v) is 3.05. The Morgan fingerprint density at radius 2 is 1.93 bits per heavy atom. The lowest BCUT2D eigenvalue weighted by molar-refractivity contribution is -0.122. The smallest absolute Gasteiger partial charge is 0.234 e. The minimum atomic E-state index is 0.00338. The molecule has 1 amide bonds. The number of carbonyl (C=O) groups is 1. The van der Waals surface area contributed by atoms with Crippen molar-refractivity contribution in [3.05, 3.63) is 54.1 Å². The quantitative estimate of drug-likeness (QED) is 0.774. The van der Waals surface area contributed by atoms with Crippen molar-refractivity contribution < 1.29 is 19.0 Å². The molecule has 0 radical (unpaired) electrons. The summed E-state index contributed by atoms with van der Waals surface area (Å²) in [4.78, 5) is 14.3. The first kappa shape index (κ1) is 19.0. The predicted octanol–water partition coefficient (Wildman–Crippen LogP) is 2.65. The number of benzene rings is 2. The third-order valence-electron chi connectivity index (χ3n) is 4.51. The topological polar surface area (TPSA) is 60.0 Å². The summed E-state index contributed by atoms with van der Waals surface area (Å²) in [5, 5.41) is 3.11. The van der Waals surface area contributed by atoms with Crippen molar-refractivity contribution in [3.63, 3.8) is 0 Å². The Kier molecular flexibility index (Phi) is 6.54. The maximum atomic E-state index is 12.4. The Balaban J connectivity index is 1.41. The van der Waals surface area contributed by atoms with Gasteiger partial charge in [0, 0.05) is 18.5 Å². The molecule has 1 aliphatic heterocycles. The lowest BCUT2D eigenvalue weighted by atomic mass is 10.0. The van der Waals surface area contributed by atoms with Gasteiger partial charge in [-0.15, -0.1) is 0 Å². The van der Waals surface area contributed by atoms with E-state index in [0.717, 1.165) is 29.2 Å². The number of hydrogen-bond acceptors (Lipinski definition) is 5. The van der Waals surface area contributed by atoms with Crippen LogP contribution in [0.4, 0.5) is 0 Å². The second-order valence-corrected chi connectivity index (χ2v) is 6.56. The number of likely N-dealkylation sites (N-methyl/N-ethyl adjacent to an activating group) is 1. The molecule has 6 nitrogen and oxygen atoms in total. The number of para-hydroxylation sites is 1. The van der Waals surface area contributed by atoms with Gasteiger partial charge in [-0.05, 0) is 37.4 Å². The van der Waals surface area contributed by atoms with Crippen molar-refractivity contribution in [1.29, 1.82) is 0 Å². The van der Waals surface area contributed by atoms with Crippen LogP contribution in [0, 0.1) is 0 Å². The minimum absolute atomic E-state index is 0.00338. The number of rotatable bonds is 8. The zero-order chi connectivity index (χ0) is 19.1. The summed E-state index contributed by atoms with van der Waals surface area (Å²) in [6.07, 6.45) is 0.785. The van der Waals surface area contributed by atoms with Gasteiger partial charge in [-0.25, -0.2) is 0 Å². The third-order valence-corrected chi connectivity index (χ3v) is 4.51. The van der Waals surface area contributed by atoms with Crippen LogP contribution in [0.5, 0.6) is 17.2 Å². The van der Waals surface area contributed by atoms with Crippen molar-refractivity contribution >= 4 is 5.91 Å². The SMILES string of the molecule is COc1ccc(OCCN(C)CC(=O)NC2CCOc3ccccc32)cc1. The van der Waals surface area contributed by atoms with Crippen molar-refractivity contribution in [2.75, 3.05) is 40.5 Å². The first-order valence-electron chi connectivity index (χ1n) is 9.12. The van der Waals surface area contributed by atoms with Gasteiger partial charge in [0.05, 0.1) is 26.3 Å². The highest BCUT2D eigenvalue weighted by Crippen LogP contribution is 2.31. The third kappa shape index (κ3) is 5.37.